The maximum Gasteiger partial charge on any atom is 0.228 e. The van der Waals surface area contributed by atoms with Gasteiger partial charge in [0.05, 0.1) is 24.5 Å². The number of carbonyl (C=O) groups is 1. The second kappa shape index (κ2) is 9.30. The minimum Gasteiger partial charge on any atom is -0.492 e. The number of anilines is 1. The van der Waals surface area contributed by atoms with Crippen molar-refractivity contribution in [2.24, 2.45) is 0 Å². The number of carbonyl (C=O) groups excluding carboxylic acids is 1. The van der Waals surface area contributed by atoms with Crippen LogP contribution in [0.4, 0.5) is 5.13 Å². The van der Waals surface area contributed by atoms with Crippen LogP contribution < -0.4 is 9.64 Å². The van der Waals surface area contributed by atoms with Gasteiger partial charge in [-0.1, -0.05) is 24.3 Å². The Hall–Kier alpha value is -1.70. The predicted molar refractivity (Wildman–Crippen MR) is 105 cm³/mol. The van der Waals surface area contributed by atoms with Gasteiger partial charge in [0, 0.05) is 32.6 Å². The Balaban J connectivity index is 1.82. The smallest absolute Gasteiger partial charge is 0.228 e. The van der Waals surface area contributed by atoms with Crippen LogP contribution in [0.1, 0.15) is 26.7 Å². The van der Waals surface area contributed by atoms with E-state index in [0.29, 0.717) is 19.6 Å². The number of aromatic nitrogens is 1. The molecule has 2 heterocycles. The first-order valence-corrected chi connectivity index (χ1v) is 10.2. The van der Waals surface area contributed by atoms with E-state index >= 15 is 0 Å². The number of nitrogens with zero attached hydrogens (tertiary/aromatic N) is 3. The summed E-state index contributed by atoms with van der Waals surface area (Å²) in [6.07, 6.45) is 1.37. The van der Waals surface area contributed by atoms with Crippen LogP contribution >= 0.6 is 11.3 Å². The fourth-order valence-electron chi connectivity index (χ4n) is 3.04. The fourth-order valence-corrected chi connectivity index (χ4v) is 4.07. The minimum absolute atomic E-state index is 0.137. The third kappa shape index (κ3) is 4.52. The first kappa shape index (κ1) is 19.1. The quantitative estimate of drug-likeness (QED) is 0.707. The van der Waals surface area contributed by atoms with Crippen LogP contribution in [-0.2, 0) is 9.53 Å². The van der Waals surface area contributed by atoms with Crippen LogP contribution in [0, 0.1) is 0 Å². The summed E-state index contributed by atoms with van der Waals surface area (Å²) >= 11 is 1.56. The van der Waals surface area contributed by atoms with Gasteiger partial charge in [0.1, 0.15) is 11.3 Å². The Kier molecular flexibility index (Phi) is 6.82. The van der Waals surface area contributed by atoms with Crippen molar-refractivity contribution in [2.75, 3.05) is 50.9 Å². The van der Waals surface area contributed by atoms with Gasteiger partial charge in [-0.05, 0) is 25.5 Å². The second-order valence-corrected chi connectivity index (χ2v) is 7.29. The summed E-state index contributed by atoms with van der Waals surface area (Å²) < 4.78 is 12.1. The average molecular weight is 378 g/mol. The van der Waals surface area contributed by atoms with Crippen molar-refractivity contribution in [1.29, 1.82) is 0 Å². The van der Waals surface area contributed by atoms with Crippen LogP contribution in [0.3, 0.4) is 0 Å². The molecule has 1 aliphatic heterocycles. The second-order valence-electron chi connectivity index (χ2n) is 6.28. The molecule has 0 spiro atoms. The number of para-hydroxylation sites is 1. The Morgan fingerprint density at radius 2 is 2.15 bits per heavy atom. The standard InChI is InChI=1S/C19H27N3O3S/c1-3-6-17(23)22(10-9-21-11-13-24-14-12-21)19-20-18-15(25-4-2)7-5-8-16(18)26-19/h5,7-8H,3-4,6,9-14H2,1-2H3. The Labute approximate surface area is 158 Å². The summed E-state index contributed by atoms with van der Waals surface area (Å²) in [5, 5.41) is 0.763. The van der Waals surface area contributed by atoms with Gasteiger partial charge in [-0.3, -0.25) is 14.6 Å². The summed E-state index contributed by atoms with van der Waals surface area (Å²) in [6, 6.07) is 5.94. The maximum absolute atomic E-state index is 12.7. The summed E-state index contributed by atoms with van der Waals surface area (Å²) in [5.74, 6) is 0.918. The number of thiazole rings is 1. The number of fused-ring (bicyclic) bond motifs is 1. The lowest BCUT2D eigenvalue weighted by molar-refractivity contribution is -0.118. The number of rotatable bonds is 8. The number of morpholine rings is 1. The first-order valence-electron chi connectivity index (χ1n) is 9.35. The number of hydrogen-bond donors (Lipinski definition) is 0. The van der Waals surface area contributed by atoms with Gasteiger partial charge in [0.15, 0.2) is 5.13 Å². The van der Waals surface area contributed by atoms with E-state index < -0.39 is 0 Å². The van der Waals surface area contributed by atoms with Gasteiger partial charge in [-0.2, -0.15) is 0 Å². The van der Waals surface area contributed by atoms with Crippen LogP contribution in [0.2, 0.25) is 0 Å². The van der Waals surface area contributed by atoms with Crippen molar-refractivity contribution in [3.05, 3.63) is 18.2 Å². The molecule has 0 saturated carbocycles. The number of benzene rings is 1. The molecule has 1 aliphatic rings. The number of ether oxygens (including phenoxy) is 2. The highest BCUT2D eigenvalue weighted by molar-refractivity contribution is 7.22. The van der Waals surface area contributed by atoms with Crippen LogP contribution in [-0.4, -0.2) is 61.8 Å². The zero-order chi connectivity index (χ0) is 18.4. The predicted octanol–water partition coefficient (Wildman–Crippen LogP) is 3.16. The summed E-state index contributed by atoms with van der Waals surface area (Å²) in [5.41, 5.74) is 0.843. The van der Waals surface area contributed by atoms with Crippen LogP contribution in [0.5, 0.6) is 5.75 Å². The van der Waals surface area contributed by atoms with E-state index in [4.69, 9.17) is 14.5 Å². The number of hydrogen-bond acceptors (Lipinski definition) is 6. The monoisotopic (exact) mass is 377 g/mol. The lowest BCUT2D eigenvalue weighted by Gasteiger charge is -2.29. The van der Waals surface area contributed by atoms with Crippen molar-refractivity contribution in [3.8, 4) is 5.75 Å². The van der Waals surface area contributed by atoms with E-state index in [0.717, 1.165) is 60.4 Å². The highest BCUT2D eigenvalue weighted by Gasteiger charge is 2.21. The molecule has 0 unspecified atom stereocenters. The van der Waals surface area contributed by atoms with Crippen molar-refractivity contribution in [1.82, 2.24) is 9.88 Å². The molecule has 1 fully saturated rings. The molecule has 0 N–H and O–H groups in total. The zero-order valence-electron chi connectivity index (χ0n) is 15.6. The van der Waals surface area contributed by atoms with E-state index in [2.05, 4.69) is 4.90 Å². The van der Waals surface area contributed by atoms with Gasteiger partial charge < -0.3 is 9.47 Å². The van der Waals surface area contributed by atoms with Crippen molar-refractivity contribution in [2.45, 2.75) is 26.7 Å². The Morgan fingerprint density at radius 3 is 2.88 bits per heavy atom. The normalized spacial score (nSPS) is 15.3. The van der Waals surface area contributed by atoms with E-state index in [1.165, 1.54) is 0 Å². The van der Waals surface area contributed by atoms with Gasteiger partial charge in [0.2, 0.25) is 5.91 Å². The molecule has 1 saturated heterocycles. The third-order valence-electron chi connectivity index (χ3n) is 4.41. The first-order chi connectivity index (χ1) is 12.7. The van der Waals surface area contributed by atoms with Crippen LogP contribution in [0.15, 0.2) is 18.2 Å². The van der Waals surface area contributed by atoms with E-state index in [1.807, 2.05) is 36.9 Å². The Bertz CT molecular complexity index is 728. The van der Waals surface area contributed by atoms with Crippen molar-refractivity contribution < 1.29 is 14.3 Å². The zero-order valence-corrected chi connectivity index (χ0v) is 16.4. The molecule has 26 heavy (non-hydrogen) atoms. The molecule has 2 aromatic rings. The number of amides is 1. The molecule has 1 aromatic heterocycles. The molecular weight excluding hydrogens is 350 g/mol. The van der Waals surface area contributed by atoms with Gasteiger partial charge in [0.25, 0.3) is 0 Å². The highest BCUT2D eigenvalue weighted by Crippen LogP contribution is 2.34. The molecule has 1 aromatic carbocycles. The van der Waals surface area contributed by atoms with Crippen molar-refractivity contribution >= 4 is 32.6 Å². The largest absolute Gasteiger partial charge is 0.492 e. The third-order valence-corrected chi connectivity index (χ3v) is 5.45. The molecular formula is C19H27N3O3S. The molecule has 6 nitrogen and oxygen atoms in total. The molecule has 7 heteroatoms. The van der Waals surface area contributed by atoms with Gasteiger partial charge in [-0.25, -0.2) is 4.98 Å². The minimum atomic E-state index is 0.137. The molecule has 3 rings (SSSR count). The SMILES string of the molecule is CCCC(=O)N(CCN1CCOCC1)c1nc2c(OCC)cccc2s1. The lowest BCUT2D eigenvalue weighted by Crippen LogP contribution is -2.43. The Morgan fingerprint density at radius 1 is 1.35 bits per heavy atom. The van der Waals surface area contributed by atoms with E-state index in [1.54, 1.807) is 11.3 Å². The highest BCUT2D eigenvalue weighted by atomic mass is 32.1. The molecule has 1 amide bonds. The molecule has 0 atom stereocenters. The summed E-state index contributed by atoms with van der Waals surface area (Å²) in [4.78, 5) is 21.7. The molecule has 142 valence electrons. The average Bonchev–Trinajstić information content (AvgIpc) is 3.08. The van der Waals surface area contributed by atoms with Gasteiger partial charge >= 0.3 is 0 Å². The summed E-state index contributed by atoms with van der Waals surface area (Å²) in [7, 11) is 0. The van der Waals surface area contributed by atoms with E-state index in [9.17, 15) is 4.79 Å². The maximum atomic E-state index is 12.7. The topological polar surface area (TPSA) is 54.9 Å². The molecule has 0 aliphatic carbocycles. The van der Waals surface area contributed by atoms with Gasteiger partial charge in [-0.15, -0.1) is 0 Å². The van der Waals surface area contributed by atoms with E-state index in [-0.39, 0.29) is 5.91 Å². The molecule has 0 radical (unpaired) electrons. The summed E-state index contributed by atoms with van der Waals surface area (Å²) in [6.45, 7) is 9.46. The van der Waals surface area contributed by atoms with Crippen molar-refractivity contribution in [3.63, 3.8) is 0 Å². The van der Waals surface area contributed by atoms with Crippen LogP contribution in [0.25, 0.3) is 10.2 Å². The lowest BCUT2D eigenvalue weighted by atomic mass is 10.3. The molecule has 0 bridgehead atoms. The fraction of sp³-hybridized carbons (Fsp3) is 0.579.